The fraction of sp³-hybridized carbons (Fsp3) is 0.182. The molecule has 0 aliphatic rings. The normalized spacial score (nSPS) is 12.1. The zero-order valence-corrected chi connectivity index (χ0v) is 7.31. The first-order valence-corrected chi connectivity index (χ1v) is 4.12. The molecule has 1 rings (SSSR count). The van der Waals surface area contributed by atoms with E-state index in [2.05, 4.69) is 6.58 Å². The molecule has 0 bridgehead atoms. The first-order chi connectivity index (χ1) is 6.24. The lowest BCUT2D eigenvalue weighted by atomic mass is 10.0. The fourth-order valence-electron chi connectivity index (χ4n) is 1.07. The average Bonchev–Trinajstić information content (AvgIpc) is 2.19. The van der Waals surface area contributed by atoms with Gasteiger partial charge < -0.3 is 5.11 Å². The highest BCUT2D eigenvalue weighted by atomic mass is 16.3. The van der Waals surface area contributed by atoms with Crippen LogP contribution in [-0.2, 0) is 4.79 Å². The molecular formula is C11H12O2. The molecule has 2 nitrogen and oxygen atoms in total. The van der Waals surface area contributed by atoms with Crippen molar-refractivity contribution in [3.63, 3.8) is 0 Å². The molecule has 0 saturated heterocycles. The molecule has 1 atom stereocenters. The van der Waals surface area contributed by atoms with Crippen LogP contribution in [0.2, 0.25) is 0 Å². The van der Waals surface area contributed by atoms with Crippen LogP contribution in [-0.4, -0.2) is 10.9 Å². The summed E-state index contributed by atoms with van der Waals surface area (Å²) in [5.74, 6) is -0.142. The lowest BCUT2D eigenvalue weighted by Crippen LogP contribution is -2.03. The van der Waals surface area contributed by atoms with Crippen molar-refractivity contribution >= 4 is 5.78 Å². The Morgan fingerprint density at radius 3 is 2.62 bits per heavy atom. The van der Waals surface area contributed by atoms with E-state index in [9.17, 15) is 9.90 Å². The van der Waals surface area contributed by atoms with Crippen LogP contribution in [0.15, 0.2) is 43.0 Å². The highest BCUT2D eigenvalue weighted by Gasteiger charge is 2.09. The topological polar surface area (TPSA) is 37.3 Å². The molecule has 0 spiro atoms. The van der Waals surface area contributed by atoms with Crippen LogP contribution in [0.25, 0.3) is 0 Å². The van der Waals surface area contributed by atoms with Crippen molar-refractivity contribution in [2.45, 2.75) is 12.5 Å². The zero-order valence-electron chi connectivity index (χ0n) is 7.31. The molecule has 13 heavy (non-hydrogen) atoms. The minimum atomic E-state index is -0.716. The summed E-state index contributed by atoms with van der Waals surface area (Å²) in [6.07, 6.45) is 0.617. The number of aliphatic hydroxyl groups is 1. The van der Waals surface area contributed by atoms with E-state index < -0.39 is 6.10 Å². The molecule has 2 heteroatoms. The third-order valence-electron chi connectivity index (χ3n) is 1.81. The van der Waals surface area contributed by atoms with Gasteiger partial charge in [0.05, 0.1) is 6.10 Å². The third-order valence-corrected chi connectivity index (χ3v) is 1.81. The second-order valence-electron chi connectivity index (χ2n) is 2.80. The molecule has 0 radical (unpaired) electrons. The first-order valence-electron chi connectivity index (χ1n) is 4.12. The molecule has 0 heterocycles. The minimum absolute atomic E-state index is 0.105. The second-order valence-corrected chi connectivity index (χ2v) is 2.80. The van der Waals surface area contributed by atoms with Gasteiger partial charge in [0.2, 0.25) is 0 Å². The smallest absolute Gasteiger partial charge is 0.158 e. The van der Waals surface area contributed by atoms with E-state index in [0.717, 1.165) is 5.56 Å². The third kappa shape index (κ3) is 2.84. The van der Waals surface area contributed by atoms with Crippen molar-refractivity contribution in [3.05, 3.63) is 48.6 Å². The molecule has 0 fully saturated rings. The quantitative estimate of drug-likeness (QED) is 0.711. The average molecular weight is 176 g/mol. The first kappa shape index (κ1) is 9.68. The number of hydrogen-bond acceptors (Lipinski definition) is 2. The van der Waals surface area contributed by atoms with E-state index in [1.807, 2.05) is 18.2 Å². The molecule has 1 N–H and O–H groups in total. The molecule has 1 aromatic carbocycles. The Balaban J connectivity index is 2.63. The maximum Gasteiger partial charge on any atom is 0.158 e. The Hall–Kier alpha value is -1.41. The largest absolute Gasteiger partial charge is 0.388 e. The van der Waals surface area contributed by atoms with Crippen LogP contribution in [0.3, 0.4) is 0 Å². The van der Waals surface area contributed by atoms with E-state index in [-0.39, 0.29) is 12.2 Å². The van der Waals surface area contributed by atoms with Crippen molar-refractivity contribution in [2.24, 2.45) is 0 Å². The van der Waals surface area contributed by atoms with Gasteiger partial charge in [-0.3, -0.25) is 4.79 Å². The Labute approximate surface area is 77.5 Å². The maximum absolute atomic E-state index is 10.9. The van der Waals surface area contributed by atoms with Crippen LogP contribution in [0.4, 0.5) is 0 Å². The van der Waals surface area contributed by atoms with Crippen LogP contribution in [0.5, 0.6) is 0 Å². The Bertz CT molecular complexity index is 290. The van der Waals surface area contributed by atoms with E-state index in [1.54, 1.807) is 12.1 Å². The lowest BCUT2D eigenvalue weighted by molar-refractivity contribution is -0.116. The summed E-state index contributed by atoms with van der Waals surface area (Å²) in [5, 5.41) is 9.55. The molecule has 1 aromatic rings. The monoisotopic (exact) mass is 176 g/mol. The predicted octanol–water partition coefficient (Wildman–Crippen LogP) is 1.87. The van der Waals surface area contributed by atoms with E-state index >= 15 is 0 Å². The zero-order chi connectivity index (χ0) is 9.68. The highest BCUT2D eigenvalue weighted by Crippen LogP contribution is 2.15. The van der Waals surface area contributed by atoms with Crippen LogP contribution in [0.1, 0.15) is 18.1 Å². The van der Waals surface area contributed by atoms with Crippen LogP contribution < -0.4 is 0 Å². The Kier molecular flexibility index (Phi) is 3.41. The van der Waals surface area contributed by atoms with Gasteiger partial charge in [0, 0.05) is 6.42 Å². The van der Waals surface area contributed by atoms with E-state index in [0.29, 0.717) is 0 Å². The van der Waals surface area contributed by atoms with Crippen molar-refractivity contribution < 1.29 is 9.90 Å². The standard InChI is InChI=1S/C11H12O2/c1-2-10(12)8-11(13)9-6-4-3-5-7-9/h2-7,11,13H,1,8H2. The van der Waals surface area contributed by atoms with Gasteiger partial charge in [-0.25, -0.2) is 0 Å². The molecule has 0 aromatic heterocycles. The number of benzene rings is 1. The minimum Gasteiger partial charge on any atom is -0.388 e. The molecule has 0 amide bonds. The molecule has 0 aliphatic carbocycles. The van der Waals surface area contributed by atoms with Gasteiger partial charge in [-0.15, -0.1) is 0 Å². The molecule has 68 valence electrons. The number of carbonyl (C=O) groups excluding carboxylic acids is 1. The predicted molar refractivity (Wildman–Crippen MR) is 51.2 cm³/mol. The molecule has 0 saturated carbocycles. The van der Waals surface area contributed by atoms with Crippen molar-refractivity contribution in [2.75, 3.05) is 0 Å². The summed E-state index contributed by atoms with van der Waals surface area (Å²) in [4.78, 5) is 10.9. The summed E-state index contributed by atoms with van der Waals surface area (Å²) < 4.78 is 0. The summed E-state index contributed by atoms with van der Waals surface area (Å²) >= 11 is 0. The number of rotatable bonds is 4. The lowest BCUT2D eigenvalue weighted by Gasteiger charge is -2.07. The summed E-state index contributed by atoms with van der Waals surface area (Å²) in [6.45, 7) is 3.35. The number of ketones is 1. The number of allylic oxidation sites excluding steroid dienone is 1. The van der Waals surface area contributed by atoms with Gasteiger partial charge in [0.25, 0.3) is 0 Å². The van der Waals surface area contributed by atoms with Gasteiger partial charge in [-0.05, 0) is 11.6 Å². The van der Waals surface area contributed by atoms with Gasteiger partial charge in [0.15, 0.2) is 5.78 Å². The molecular weight excluding hydrogens is 164 g/mol. The van der Waals surface area contributed by atoms with Gasteiger partial charge in [0.1, 0.15) is 0 Å². The van der Waals surface area contributed by atoms with Crippen LogP contribution >= 0.6 is 0 Å². The van der Waals surface area contributed by atoms with E-state index in [4.69, 9.17) is 0 Å². The van der Waals surface area contributed by atoms with Crippen molar-refractivity contribution in [3.8, 4) is 0 Å². The maximum atomic E-state index is 10.9. The fourth-order valence-corrected chi connectivity index (χ4v) is 1.07. The molecule has 1 unspecified atom stereocenters. The van der Waals surface area contributed by atoms with E-state index in [1.165, 1.54) is 6.08 Å². The summed E-state index contributed by atoms with van der Waals surface area (Å²) in [7, 11) is 0. The van der Waals surface area contributed by atoms with Gasteiger partial charge in [-0.2, -0.15) is 0 Å². The summed E-state index contributed by atoms with van der Waals surface area (Å²) in [6, 6.07) is 9.11. The second kappa shape index (κ2) is 4.58. The van der Waals surface area contributed by atoms with Crippen LogP contribution in [0, 0.1) is 0 Å². The van der Waals surface area contributed by atoms with Gasteiger partial charge in [-0.1, -0.05) is 36.9 Å². The number of hydrogen-bond donors (Lipinski definition) is 1. The summed E-state index contributed by atoms with van der Waals surface area (Å²) in [5.41, 5.74) is 0.762. The van der Waals surface area contributed by atoms with Crippen molar-refractivity contribution in [1.29, 1.82) is 0 Å². The Morgan fingerprint density at radius 2 is 2.08 bits per heavy atom. The van der Waals surface area contributed by atoms with Crippen molar-refractivity contribution in [1.82, 2.24) is 0 Å². The van der Waals surface area contributed by atoms with Gasteiger partial charge >= 0.3 is 0 Å². The number of carbonyl (C=O) groups is 1. The number of aliphatic hydroxyl groups excluding tert-OH is 1. The highest BCUT2D eigenvalue weighted by molar-refractivity contribution is 5.89. The molecule has 0 aliphatic heterocycles. The Morgan fingerprint density at radius 1 is 1.46 bits per heavy atom. The SMILES string of the molecule is C=CC(=O)CC(O)c1ccccc1.